The molecule has 1 fully saturated rings. The second kappa shape index (κ2) is 5.30. The predicted molar refractivity (Wildman–Crippen MR) is 62.6 cm³/mol. The van der Waals surface area contributed by atoms with Gasteiger partial charge in [-0.15, -0.1) is 0 Å². The van der Waals surface area contributed by atoms with E-state index in [1.807, 2.05) is 25.4 Å². The number of Topliss-reactive ketones (excluding diaryl/α,β-unsaturated/α-hetero) is 1. The van der Waals surface area contributed by atoms with Crippen LogP contribution in [-0.2, 0) is 11.3 Å². The lowest BCUT2D eigenvalue weighted by Gasteiger charge is -2.09. The van der Waals surface area contributed by atoms with Crippen LogP contribution in [0.15, 0.2) is 18.5 Å². The third kappa shape index (κ3) is 2.73. The summed E-state index contributed by atoms with van der Waals surface area (Å²) in [6.07, 6.45) is 8.36. The van der Waals surface area contributed by atoms with E-state index in [9.17, 15) is 4.79 Å². The van der Waals surface area contributed by atoms with Crippen LogP contribution < -0.4 is 0 Å². The first kappa shape index (κ1) is 11.4. The molecular weight excluding hydrogens is 202 g/mol. The lowest BCUT2D eigenvalue weighted by Crippen LogP contribution is -2.09. The third-order valence-corrected chi connectivity index (χ3v) is 3.13. The maximum Gasteiger partial charge on any atom is 0.164 e. The topological polar surface area (TPSA) is 31.2 Å². The van der Waals surface area contributed by atoms with Crippen molar-refractivity contribution in [3.63, 3.8) is 0 Å². The third-order valence-electron chi connectivity index (χ3n) is 3.13. The number of hydrogen-bond acceptors (Lipinski definition) is 2. The Morgan fingerprint density at radius 2 is 2.50 bits per heavy atom. The summed E-state index contributed by atoms with van der Waals surface area (Å²) < 4.78 is 7.66. The molecule has 3 heteroatoms. The average Bonchev–Trinajstić information content (AvgIpc) is 2.96. The number of aromatic nitrogens is 1. The SMILES string of the molecule is CCC(=O)c1ccn(CCC2CCCO2)c1. The Morgan fingerprint density at radius 3 is 3.19 bits per heavy atom. The zero-order valence-electron chi connectivity index (χ0n) is 9.82. The van der Waals surface area contributed by atoms with Crippen molar-refractivity contribution in [3.05, 3.63) is 24.0 Å². The van der Waals surface area contributed by atoms with E-state index in [2.05, 4.69) is 4.57 Å². The fraction of sp³-hybridized carbons (Fsp3) is 0.615. The highest BCUT2D eigenvalue weighted by Crippen LogP contribution is 2.16. The van der Waals surface area contributed by atoms with Crippen molar-refractivity contribution in [2.75, 3.05) is 6.61 Å². The Bertz CT molecular complexity index is 351. The van der Waals surface area contributed by atoms with Gasteiger partial charge in [0.05, 0.1) is 6.10 Å². The average molecular weight is 221 g/mol. The molecule has 1 aromatic heterocycles. The number of carbonyl (C=O) groups excluding carboxylic acids is 1. The van der Waals surface area contributed by atoms with Crippen LogP contribution in [0.25, 0.3) is 0 Å². The standard InChI is InChI=1S/C13H19NO2/c1-2-13(15)11-5-7-14(10-11)8-6-12-4-3-9-16-12/h5,7,10,12H,2-4,6,8-9H2,1H3. The van der Waals surface area contributed by atoms with E-state index >= 15 is 0 Å². The monoisotopic (exact) mass is 221 g/mol. The van der Waals surface area contributed by atoms with Crippen molar-refractivity contribution in [1.82, 2.24) is 4.57 Å². The minimum atomic E-state index is 0.218. The summed E-state index contributed by atoms with van der Waals surface area (Å²) >= 11 is 0. The second-order valence-corrected chi connectivity index (χ2v) is 4.34. The number of carbonyl (C=O) groups is 1. The first-order valence-corrected chi connectivity index (χ1v) is 6.10. The number of aryl methyl sites for hydroxylation is 1. The van der Waals surface area contributed by atoms with Gasteiger partial charge in [0.2, 0.25) is 0 Å². The lowest BCUT2D eigenvalue weighted by molar-refractivity contribution is 0.0987. The largest absolute Gasteiger partial charge is 0.378 e. The molecule has 0 saturated carbocycles. The van der Waals surface area contributed by atoms with Gasteiger partial charge in [0.25, 0.3) is 0 Å². The number of ketones is 1. The minimum Gasteiger partial charge on any atom is -0.378 e. The molecule has 2 heterocycles. The van der Waals surface area contributed by atoms with E-state index in [1.165, 1.54) is 12.8 Å². The van der Waals surface area contributed by atoms with Gasteiger partial charge in [-0.05, 0) is 25.3 Å². The number of hydrogen-bond donors (Lipinski definition) is 0. The van der Waals surface area contributed by atoms with Gasteiger partial charge in [-0.1, -0.05) is 6.92 Å². The van der Waals surface area contributed by atoms with Gasteiger partial charge in [0.1, 0.15) is 0 Å². The van der Waals surface area contributed by atoms with Gasteiger partial charge >= 0.3 is 0 Å². The molecule has 0 bridgehead atoms. The molecule has 2 rings (SSSR count). The quantitative estimate of drug-likeness (QED) is 0.716. The molecule has 1 saturated heterocycles. The molecule has 0 N–H and O–H groups in total. The molecule has 16 heavy (non-hydrogen) atoms. The molecule has 0 amide bonds. The van der Waals surface area contributed by atoms with Crippen molar-refractivity contribution in [2.24, 2.45) is 0 Å². The van der Waals surface area contributed by atoms with E-state index < -0.39 is 0 Å². The number of nitrogens with zero attached hydrogens (tertiary/aromatic N) is 1. The highest BCUT2D eigenvalue weighted by Gasteiger charge is 2.15. The van der Waals surface area contributed by atoms with Crippen LogP contribution in [0, 0.1) is 0 Å². The van der Waals surface area contributed by atoms with Gasteiger partial charge in [-0.25, -0.2) is 0 Å². The molecule has 1 atom stereocenters. The van der Waals surface area contributed by atoms with Crippen molar-refractivity contribution in [3.8, 4) is 0 Å². The van der Waals surface area contributed by atoms with Gasteiger partial charge in [0.15, 0.2) is 5.78 Å². The van der Waals surface area contributed by atoms with E-state index in [1.54, 1.807) is 0 Å². The molecule has 0 aromatic carbocycles. The Hall–Kier alpha value is -1.09. The molecule has 1 aliphatic heterocycles. The van der Waals surface area contributed by atoms with Gasteiger partial charge in [-0.3, -0.25) is 4.79 Å². The van der Waals surface area contributed by atoms with Crippen LogP contribution in [0.1, 0.15) is 43.0 Å². The van der Waals surface area contributed by atoms with Crippen LogP contribution in [-0.4, -0.2) is 23.1 Å². The first-order valence-electron chi connectivity index (χ1n) is 6.10. The maximum absolute atomic E-state index is 11.4. The zero-order chi connectivity index (χ0) is 11.4. The normalized spacial score (nSPS) is 20.2. The van der Waals surface area contributed by atoms with Crippen LogP contribution in [0.4, 0.5) is 0 Å². The highest BCUT2D eigenvalue weighted by molar-refractivity contribution is 5.95. The highest BCUT2D eigenvalue weighted by atomic mass is 16.5. The summed E-state index contributed by atoms with van der Waals surface area (Å²) in [6, 6.07) is 1.90. The van der Waals surface area contributed by atoms with E-state index in [0.29, 0.717) is 12.5 Å². The lowest BCUT2D eigenvalue weighted by atomic mass is 10.2. The Labute approximate surface area is 96.4 Å². The molecule has 0 spiro atoms. The second-order valence-electron chi connectivity index (χ2n) is 4.34. The van der Waals surface area contributed by atoms with E-state index in [0.717, 1.165) is 25.1 Å². The fourth-order valence-corrected chi connectivity index (χ4v) is 2.11. The van der Waals surface area contributed by atoms with Crippen molar-refractivity contribution in [1.29, 1.82) is 0 Å². The summed E-state index contributed by atoms with van der Waals surface area (Å²) in [7, 11) is 0. The Morgan fingerprint density at radius 1 is 1.62 bits per heavy atom. The van der Waals surface area contributed by atoms with Crippen molar-refractivity contribution < 1.29 is 9.53 Å². The molecule has 1 aliphatic rings. The summed E-state index contributed by atoms with van der Waals surface area (Å²) in [5.74, 6) is 0.218. The van der Waals surface area contributed by atoms with E-state index in [4.69, 9.17) is 4.74 Å². The fourth-order valence-electron chi connectivity index (χ4n) is 2.11. The molecular formula is C13H19NO2. The summed E-state index contributed by atoms with van der Waals surface area (Å²) in [4.78, 5) is 11.4. The molecule has 0 aliphatic carbocycles. The first-order chi connectivity index (χ1) is 7.79. The number of ether oxygens (including phenoxy) is 1. The van der Waals surface area contributed by atoms with Gasteiger partial charge < -0.3 is 9.30 Å². The van der Waals surface area contributed by atoms with Gasteiger partial charge in [0, 0.05) is 37.5 Å². The van der Waals surface area contributed by atoms with Crippen LogP contribution in [0.2, 0.25) is 0 Å². The number of rotatable bonds is 5. The predicted octanol–water partition coefficient (Wildman–Crippen LogP) is 2.65. The summed E-state index contributed by atoms with van der Waals surface area (Å²) in [6.45, 7) is 3.75. The maximum atomic E-state index is 11.4. The molecule has 0 radical (unpaired) electrons. The summed E-state index contributed by atoms with van der Waals surface area (Å²) in [5.41, 5.74) is 0.829. The van der Waals surface area contributed by atoms with Crippen LogP contribution in [0.5, 0.6) is 0 Å². The zero-order valence-corrected chi connectivity index (χ0v) is 9.82. The summed E-state index contributed by atoms with van der Waals surface area (Å²) in [5, 5.41) is 0. The Balaban J connectivity index is 1.85. The van der Waals surface area contributed by atoms with Crippen molar-refractivity contribution in [2.45, 2.75) is 45.3 Å². The molecule has 1 aromatic rings. The van der Waals surface area contributed by atoms with Crippen LogP contribution in [0.3, 0.4) is 0 Å². The van der Waals surface area contributed by atoms with Crippen LogP contribution >= 0.6 is 0 Å². The van der Waals surface area contributed by atoms with Crippen molar-refractivity contribution >= 4 is 5.78 Å². The minimum absolute atomic E-state index is 0.218. The smallest absolute Gasteiger partial charge is 0.164 e. The Kier molecular flexibility index (Phi) is 3.78. The molecule has 3 nitrogen and oxygen atoms in total. The molecule has 88 valence electrons. The molecule has 1 unspecified atom stereocenters. The van der Waals surface area contributed by atoms with E-state index in [-0.39, 0.29) is 5.78 Å². The van der Waals surface area contributed by atoms with Gasteiger partial charge in [-0.2, -0.15) is 0 Å².